The predicted molar refractivity (Wildman–Crippen MR) is 101 cm³/mol. The smallest absolute Gasteiger partial charge is 0.283 e. The maximum absolute atomic E-state index is 12.3. The van der Waals surface area contributed by atoms with Crippen LogP contribution >= 0.6 is 22.9 Å². The first-order valence-corrected chi connectivity index (χ1v) is 8.56. The molecule has 0 saturated heterocycles. The average Bonchev–Trinajstić information content (AvgIpc) is 2.98. The Morgan fingerprint density at radius 3 is 2.64 bits per heavy atom. The number of amides is 1. The molecule has 1 amide bonds. The third-order valence-corrected chi connectivity index (χ3v) is 5.20. The number of carbonyl (C=O) groups excluding carboxylic acids is 1. The molecule has 0 atom stereocenters. The van der Waals surface area contributed by atoms with E-state index in [0.29, 0.717) is 21.4 Å². The summed E-state index contributed by atoms with van der Waals surface area (Å²) in [5.41, 5.74) is 3.26. The Morgan fingerprint density at radius 2 is 1.92 bits per heavy atom. The Morgan fingerprint density at radius 1 is 1.16 bits per heavy atom. The zero-order chi connectivity index (χ0) is 17.8. The topological polar surface area (TPSA) is 59.9 Å². The zero-order valence-electron chi connectivity index (χ0n) is 13.6. The van der Waals surface area contributed by atoms with Gasteiger partial charge in [-0.15, -0.1) is 11.3 Å². The Labute approximate surface area is 153 Å². The minimum atomic E-state index is -0.345. The van der Waals surface area contributed by atoms with E-state index in [-0.39, 0.29) is 5.91 Å². The van der Waals surface area contributed by atoms with E-state index in [4.69, 9.17) is 21.1 Å². The summed E-state index contributed by atoms with van der Waals surface area (Å²) < 4.78 is 11.4. The van der Waals surface area contributed by atoms with Gasteiger partial charge < -0.3 is 9.47 Å². The molecule has 0 saturated carbocycles. The van der Waals surface area contributed by atoms with E-state index < -0.39 is 0 Å². The van der Waals surface area contributed by atoms with Gasteiger partial charge in [-0.05, 0) is 29.8 Å². The van der Waals surface area contributed by atoms with E-state index >= 15 is 0 Å². The molecular formula is C18H15ClN2O3S. The number of benzene rings is 2. The van der Waals surface area contributed by atoms with Crippen molar-refractivity contribution in [1.82, 2.24) is 5.43 Å². The number of hydrazone groups is 1. The van der Waals surface area contributed by atoms with Gasteiger partial charge in [0.25, 0.3) is 5.91 Å². The minimum absolute atomic E-state index is 0.345. The molecule has 128 valence electrons. The van der Waals surface area contributed by atoms with Crippen molar-refractivity contribution in [3.05, 3.63) is 57.9 Å². The number of carbonyl (C=O) groups is 1. The van der Waals surface area contributed by atoms with Crippen LogP contribution in [0.5, 0.6) is 11.5 Å². The fraction of sp³-hybridized carbons (Fsp3) is 0.111. The van der Waals surface area contributed by atoms with Crippen LogP contribution in [0.3, 0.4) is 0 Å². The zero-order valence-corrected chi connectivity index (χ0v) is 15.1. The van der Waals surface area contributed by atoms with Crippen molar-refractivity contribution in [2.45, 2.75) is 0 Å². The van der Waals surface area contributed by atoms with Gasteiger partial charge >= 0.3 is 0 Å². The second kappa shape index (κ2) is 7.55. The molecule has 0 aliphatic carbocycles. The molecule has 0 fully saturated rings. The van der Waals surface area contributed by atoms with Crippen LogP contribution in [0.1, 0.15) is 15.2 Å². The molecule has 2 aromatic carbocycles. The van der Waals surface area contributed by atoms with Crippen LogP contribution in [0, 0.1) is 0 Å². The summed E-state index contributed by atoms with van der Waals surface area (Å²) in [6.45, 7) is 0. The van der Waals surface area contributed by atoms with Gasteiger partial charge in [0.05, 0.1) is 25.5 Å². The van der Waals surface area contributed by atoms with Crippen LogP contribution in [0.4, 0.5) is 0 Å². The van der Waals surface area contributed by atoms with Crippen LogP contribution < -0.4 is 14.9 Å². The first kappa shape index (κ1) is 17.3. The van der Waals surface area contributed by atoms with Crippen molar-refractivity contribution < 1.29 is 14.3 Å². The van der Waals surface area contributed by atoms with E-state index in [0.717, 1.165) is 15.6 Å². The van der Waals surface area contributed by atoms with Gasteiger partial charge in [0.2, 0.25) is 0 Å². The highest BCUT2D eigenvalue weighted by Gasteiger charge is 2.16. The molecule has 5 nitrogen and oxygen atoms in total. The average molecular weight is 375 g/mol. The van der Waals surface area contributed by atoms with Gasteiger partial charge in [0.15, 0.2) is 11.5 Å². The molecule has 0 aliphatic rings. The number of hydrogen-bond donors (Lipinski definition) is 1. The lowest BCUT2D eigenvalue weighted by atomic mass is 10.2. The SMILES string of the molecule is COc1ccc(/C=N\NC(=O)c2sc3ccccc3c2Cl)cc1OC. The van der Waals surface area contributed by atoms with Gasteiger partial charge in [-0.3, -0.25) is 4.79 Å². The number of nitrogens with one attached hydrogen (secondary N) is 1. The van der Waals surface area contributed by atoms with Crippen molar-refractivity contribution in [2.75, 3.05) is 14.2 Å². The first-order valence-electron chi connectivity index (χ1n) is 7.36. The molecule has 1 heterocycles. The van der Waals surface area contributed by atoms with E-state index in [9.17, 15) is 4.79 Å². The van der Waals surface area contributed by atoms with Gasteiger partial charge in [0.1, 0.15) is 4.88 Å². The van der Waals surface area contributed by atoms with Crippen molar-refractivity contribution >= 4 is 45.1 Å². The number of thiophene rings is 1. The summed E-state index contributed by atoms with van der Waals surface area (Å²) in [4.78, 5) is 12.7. The highest BCUT2D eigenvalue weighted by Crippen LogP contribution is 2.35. The summed E-state index contributed by atoms with van der Waals surface area (Å²) in [6, 6.07) is 13.0. The fourth-order valence-electron chi connectivity index (χ4n) is 2.31. The monoisotopic (exact) mass is 374 g/mol. The molecular weight excluding hydrogens is 360 g/mol. The van der Waals surface area contributed by atoms with Gasteiger partial charge in [-0.2, -0.15) is 5.10 Å². The van der Waals surface area contributed by atoms with E-state index in [1.165, 1.54) is 17.6 Å². The van der Waals surface area contributed by atoms with Gasteiger partial charge in [0, 0.05) is 10.1 Å². The molecule has 0 radical (unpaired) electrons. The quantitative estimate of drug-likeness (QED) is 0.534. The standard InChI is InChI=1S/C18H15ClN2O3S/c1-23-13-8-7-11(9-14(13)24-2)10-20-21-18(22)17-16(19)12-5-3-4-6-15(12)25-17/h3-10H,1-2H3,(H,21,22)/b20-10-. The third kappa shape index (κ3) is 3.60. The predicted octanol–water partition coefficient (Wildman–Crippen LogP) is 4.34. The van der Waals surface area contributed by atoms with Crippen molar-refractivity contribution in [3.63, 3.8) is 0 Å². The summed E-state index contributed by atoms with van der Waals surface area (Å²) >= 11 is 7.62. The number of ether oxygens (including phenoxy) is 2. The van der Waals surface area contributed by atoms with E-state index in [2.05, 4.69) is 10.5 Å². The van der Waals surface area contributed by atoms with Crippen LogP contribution in [0.25, 0.3) is 10.1 Å². The molecule has 3 aromatic rings. The Kier molecular flexibility index (Phi) is 5.21. The highest BCUT2D eigenvalue weighted by molar-refractivity contribution is 7.21. The van der Waals surface area contributed by atoms with Crippen LogP contribution in [0.2, 0.25) is 5.02 Å². The molecule has 0 bridgehead atoms. The number of fused-ring (bicyclic) bond motifs is 1. The molecule has 0 aliphatic heterocycles. The Hall–Kier alpha value is -2.57. The maximum atomic E-state index is 12.3. The summed E-state index contributed by atoms with van der Waals surface area (Å²) in [6.07, 6.45) is 1.53. The molecule has 7 heteroatoms. The number of hydrogen-bond acceptors (Lipinski definition) is 5. The van der Waals surface area contributed by atoms with E-state index in [1.54, 1.807) is 26.4 Å². The van der Waals surface area contributed by atoms with Gasteiger partial charge in [-0.25, -0.2) is 5.43 Å². The van der Waals surface area contributed by atoms with Crippen molar-refractivity contribution in [2.24, 2.45) is 5.10 Å². The normalized spacial score (nSPS) is 11.0. The number of methoxy groups -OCH3 is 2. The number of halogens is 1. The van der Waals surface area contributed by atoms with Crippen LogP contribution in [0.15, 0.2) is 47.6 Å². The molecule has 1 aromatic heterocycles. The second-order valence-corrected chi connectivity index (χ2v) is 6.49. The third-order valence-electron chi connectivity index (χ3n) is 3.53. The number of nitrogens with zero attached hydrogens (tertiary/aromatic N) is 1. The molecule has 0 spiro atoms. The fourth-order valence-corrected chi connectivity index (χ4v) is 3.72. The molecule has 25 heavy (non-hydrogen) atoms. The lowest BCUT2D eigenvalue weighted by Crippen LogP contribution is -2.16. The highest BCUT2D eigenvalue weighted by atomic mass is 35.5. The van der Waals surface area contributed by atoms with Crippen LogP contribution in [-0.2, 0) is 0 Å². The summed E-state index contributed by atoms with van der Waals surface area (Å²) in [5.74, 6) is 0.869. The Balaban J connectivity index is 1.75. The Bertz CT molecular complexity index is 953. The summed E-state index contributed by atoms with van der Waals surface area (Å²) in [5, 5.41) is 5.30. The largest absolute Gasteiger partial charge is 0.493 e. The van der Waals surface area contributed by atoms with Crippen LogP contribution in [-0.4, -0.2) is 26.3 Å². The molecule has 3 rings (SSSR count). The lowest BCUT2D eigenvalue weighted by Gasteiger charge is -2.07. The maximum Gasteiger partial charge on any atom is 0.283 e. The minimum Gasteiger partial charge on any atom is -0.493 e. The first-order chi connectivity index (χ1) is 12.1. The van der Waals surface area contributed by atoms with E-state index in [1.807, 2.05) is 30.3 Å². The van der Waals surface area contributed by atoms with Crippen molar-refractivity contribution in [3.8, 4) is 11.5 Å². The van der Waals surface area contributed by atoms with Crippen molar-refractivity contribution in [1.29, 1.82) is 0 Å². The molecule has 1 N–H and O–H groups in total. The lowest BCUT2D eigenvalue weighted by molar-refractivity contribution is 0.0959. The second-order valence-electron chi connectivity index (χ2n) is 5.05. The summed E-state index contributed by atoms with van der Waals surface area (Å²) in [7, 11) is 3.13. The number of rotatable bonds is 5. The molecule has 0 unspecified atom stereocenters. The van der Waals surface area contributed by atoms with Gasteiger partial charge in [-0.1, -0.05) is 29.8 Å².